The fourth-order valence-corrected chi connectivity index (χ4v) is 3.10. The molecule has 0 bridgehead atoms. The number of aromatic nitrogens is 5. The Morgan fingerprint density at radius 2 is 2.07 bits per heavy atom. The van der Waals surface area contributed by atoms with E-state index in [2.05, 4.69) is 39.2 Å². The van der Waals surface area contributed by atoms with Gasteiger partial charge in [0.05, 0.1) is 11.9 Å². The fraction of sp³-hybridized carbons (Fsp3) is 0.474. The lowest BCUT2D eigenvalue weighted by Gasteiger charge is -2.17. The molecule has 0 radical (unpaired) electrons. The number of amides is 1. The van der Waals surface area contributed by atoms with Gasteiger partial charge < -0.3 is 10.2 Å². The Bertz CT molecular complexity index is 923. The minimum Gasteiger partial charge on any atom is -0.351 e. The molecular weight excluding hydrogens is 342 g/mol. The molecule has 3 rings (SSSR count). The Morgan fingerprint density at radius 1 is 1.30 bits per heavy atom. The van der Waals surface area contributed by atoms with E-state index in [4.69, 9.17) is 0 Å². The van der Waals surface area contributed by atoms with Crippen LogP contribution in [-0.2, 0) is 7.05 Å². The van der Waals surface area contributed by atoms with Crippen LogP contribution in [0.5, 0.6) is 0 Å². The molecule has 8 heteroatoms. The van der Waals surface area contributed by atoms with Crippen LogP contribution in [0.1, 0.15) is 36.5 Å². The average molecular weight is 369 g/mol. The lowest BCUT2D eigenvalue weighted by atomic mass is 10.2. The number of hydrogen-bond donors (Lipinski definition) is 1. The zero-order chi connectivity index (χ0) is 19.4. The molecule has 3 heterocycles. The van der Waals surface area contributed by atoms with Crippen LogP contribution >= 0.6 is 0 Å². The first-order valence-electron chi connectivity index (χ1n) is 9.39. The highest BCUT2D eigenvalue weighted by Gasteiger charge is 2.16. The summed E-state index contributed by atoms with van der Waals surface area (Å²) in [6, 6.07) is 3.60. The van der Waals surface area contributed by atoms with Gasteiger partial charge in [0.25, 0.3) is 5.91 Å². The van der Waals surface area contributed by atoms with Crippen molar-refractivity contribution >= 4 is 11.6 Å². The van der Waals surface area contributed by atoms with E-state index in [-0.39, 0.29) is 5.91 Å². The predicted molar refractivity (Wildman–Crippen MR) is 105 cm³/mol. The molecule has 0 atom stereocenters. The number of carbonyl (C=O) groups is 1. The lowest BCUT2D eigenvalue weighted by Crippen LogP contribution is -2.30. The SMILES string of the molecule is CCN(CC)CCCNC(=O)c1cc2nccc(-c3cnn(C)c3C)n2n1. The molecule has 144 valence electrons. The van der Waals surface area contributed by atoms with Crippen molar-refractivity contribution < 1.29 is 4.79 Å². The first-order valence-corrected chi connectivity index (χ1v) is 9.39. The monoisotopic (exact) mass is 369 g/mol. The van der Waals surface area contributed by atoms with Crippen molar-refractivity contribution in [1.29, 1.82) is 0 Å². The molecule has 0 unspecified atom stereocenters. The standard InChI is InChI=1S/C19H27N7O/c1-5-25(6-2)11-7-9-21-19(27)16-12-18-20-10-8-17(26(18)23-16)15-13-22-24(4)14(15)3/h8,10,12-13H,5-7,9,11H2,1-4H3,(H,21,27). The first-order chi connectivity index (χ1) is 13.0. The van der Waals surface area contributed by atoms with Gasteiger partial charge in [0.15, 0.2) is 11.3 Å². The van der Waals surface area contributed by atoms with Gasteiger partial charge in [-0.25, -0.2) is 9.50 Å². The fourth-order valence-electron chi connectivity index (χ4n) is 3.10. The summed E-state index contributed by atoms with van der Waals surface area (Å²) in [5.74, 6) is -0.172. The Labute approximate surface area is 159 Å². The van der Waals surface area contributed by atoms with Crippen molar-refractivity contribution in [3.63, 3.8) is 0 Å². The molecule has 0 aliphatic heterocycles. The Kier molecular flexibility index (Phi) is 5.85. The molecular formula is C19H27N7O. The molecule has 27 heavy (non-hydrogen) atoms. The molecule has 0 saturated heterocycles. The molecule has 0 fully saturated rings. The van der Waals surface area contributed by atoms with E-state index in [9.17, 15) is 4.79 Å². The summed E-state index contributed by atoms with van der Waals surface area (Å²) < 4.78 is 3.52. The lowest BCUT2D eigenvalue weighted by molar-refractivity contribution is 0.0946. The topological polar surface area (TPSA) is 80.4 Å². The van der Waals surface area contributed by atoms with Crippen LogP contribution in [0.25, 0.3) is 16.9 Å². The van der Waals surface area contributed by atoms with Gasteiger partial charge in [-0.15, -0.1) is 0 Å². The molecule has 0 aliphatic carbocycles. The Balaban J connectivity index is 1.74. The van der Waals surface area contributed by atoms with E-state index in [1.54, 1.807) is 23.0 Å². The number of rotatable bonds is 8. The van der Waals surface area contributed by atoms with E-state index in [1.807, 2.05) is 24.7 Å². The molecule has 3 aromatic heterocycles. The normalized spacial score (nSPS) is 11.4. The van der Waals surface area contributed by atoms with Crippen molar-refractivity contribution in [3.05, 3.63) is 35.9 Å². The largest absolute Gasteiger partial charge is 0.351 e. The van der Waals surface area contributed by atoms with Gasteiger partial charge in [-0.05, 0) is 39.0 Å². The summed E-state index contributed by atoms with van der Waals surface area (Å²) >= 11 is 0. The molecule has 0 spiro atoms. The summed E-state index contributed by atoms with van der Waals surface area (Å²) in [7, 11) is 1.90. The minimum absolute atomic E-state index is 0.172. The van der Waals surface area contributed by atoms with E-state index >= 15 is 0 Å². The van der Waals surface area contributed by atoms with Crippen molar-refractivity contribution in [2.45, 2.75) is 27.2 Å². The second-order valence-corrected chi connectivity index (χ2v) is 6.53. The summed E-state index contributed by atoms with van der Waals surface area (Å²) in [6.07, 6.45) is 4.45. The highest BCUT2D eigenvalue weighted by Crippen LogP contribution is 2.22. The second kappa shape index (κ2) is 8.30. The van der Waals surface area contributed by atoms with Crippen LogP contribution < -0.4 is 5.32 Å². The van der Waals surface area contributed by atoms with Crippen molar-refractivity contribution in [1.82, 2.24) is 34.6 Å². The zero-order valence-electron chi connectivity index (χ0n) is 16.4. The minimum atomic E-state index is -0.172. The number of aryl methyl sites for hydroxylation is 1. The van der Waals surface area contributed by atoms with Gasteiger partial charge in [0.2, 0.25) is 0 Å². The molecule has 3 aromatic rings. The van der Waals surface area contributed by atoms with E-state index in [0.29, 0.717) is 17.9 Å². The summed E-state index contributed by atoms with van der Waals surface area (Å²) in [6.45, 7) is 9.95. The van der Waals surface area contributed by atoms with Gasteiger partial charge in [-0.3, -0.25) is 9.48 Å². The highest BCUT2D eigenvalue weighted by atomic mass is 16.1. The highest BCUT2D eigenvalue weighted by molar-refractivity contribution is 5.93. The van der Waals surface area contributed by atoms with Gasteiger partial charge in [0, 0.05) is 37.1 Å². The van der Waals surface area contributed by atoms with Gasteiger partial charge in [-0.1, -0.05) is 13.8 Å². The number of hydrogen-bond acceptors (Lipinski definition) is 5. The average Bonchev–Trinajstić information content (AvgIpc) is 3.26. The zero-order valence-corrected chi connectivity index (χ0v) is 16.4. The van der Waals surface area contributed by atoms with Crippen LogP contribution in [0, 0.1) is 6.92 Å². The summed E-state index contributed by atoms with van der Waals surface area (Å²) in [5.41, 5.74) is 3.88. The quantitative estimate of drug-likeness (QED) is 0.614. The maximum absolute atomic E-state index is 12.5. The number of fused-ring (bicyclic) bond motifs is 1. The third kappa shape index (κ3) is 4.00. The molecule has 0 aromatic carbocycles. The van der Waals surface area contributed by atoms with Gasteiger partial charge in [0.1, 0.15) is 0 Å². The number of carbonyl (C=O) groups excluding carboxylic acids is 1. The summed E-state index contributed by atoms with van der Waals surface area (Å²) in [4.78, 5) is 19.1. The van der Waals surface area contributed by atoms with Gasteiger partial charge in [-0.2, -0.15) is 10.2 Å². The Morgan fingerprint density at radius 3 is 2.74 bits per heavy atom. The van der Waals surface area contributed by atoms with Crippen LogP contribution in [0.3, 0.4) is 0 Å². The van der Waals surface area contributed by atoms with Crippen molar-refractivity contribution in [2.75, 3.05) is 26.2 Å². The smallest absolute Gasteiger partial charge is 0.271 e. The number of nitrogens with zero attached hydrogens (tertiary/aromatic N) is 6. The van der Waals surface area contributed by atoms with Gasteiger partial charge >= 0.3 is 0 Å². The van der Waals surface area contributed by atoms with Crippen LogP contribution in [0.4, 0.5) is 0 Å². The van der Waals surface area contributed by atoms with Crippen LogP contribution in [-0.4, -0.2) is 61.4 Å². The third-order valence-electron chi connectivity index (χ3n) is 4.93. The number of nitrogens with one attached hydrogen (secondary N) is 1. The van der Waals surface area contributed by atoms with E-state index < -0.39 is 0 Å². The first kappa shape index (κ1) is 19.0. The maximum atomic E-state index is 12.5. The maximum Gasteiger partial charge on any atom is 0.271 e. The van der Waals surface area contributed by atoms with Crippen LogP contribution in [0.15, 0.2) is 24.5 Å². The summed E-state index contributed by atoms with van der Waals surface area (Å²) in [5, 5.41) is 11.7. The van der Waals surface area contributed by atoms with Crippen LogP contribution in [0.2, 0.25) is 0 Å². The predicted octanol–water partition coefficient (Wildman–Crippen LogP) is 1.90. The molecule has 1 N–H and O–H groups in total. The van der Waals surface area contributed by atoms with E-state index in [1.165, 1.54) is 0 Å². The van der Waals surface area contributed by atoms with Crippen molar-refractivity contribution in [3.8, 4) is 11.3 Å². The second-order valence-electron chi connectivity index (χ2n) is 6.53. The molecule has 0 aliphatic rings. The third-order valence-corrected chi connectivity index (χ3v) is 4.93. The molecule has 8 nitrogen and oxygen atoms in total. The Hall–Kier alpha value is -2.74. The molecule has 0 saturated carbocycles. The van der Waals surface area contributed by atoms with Crippen molar-refractivity contribution in [2.24, 2.45) is 7.05 Å². The van der Waals surface area contributed by atoms with E-state index in [0.717, 1.165) is 43.0 Å². The molecule has 1 amide bonds.